The van der Waals surface area contributed by atoms with E-state index in [1.165, 1.54) is 12.1 Å². The van der Waals surface area contributed by atoms with Crippen molar-refractivity contribution < 1.29 is 9.18 Å². The van der Waals surface area contributed by atoms with E-state index in [0.29, 0.717) is 18.3 Å². The number of amides is 2. The normalized spacial score (nSPS) is 16.2. The van der Waals surface area contributed by atoms with Crippen LogP contribution in [0.2, 0.25) is 0 Å². The third-order valence-corrected chi connectivity index (χ3v) is 4.48. The molecule has 0 unspecified atom stereocenters. The summed E-state index contributed by atoms with van der Waals surface area (Å²) in [5, 5.41) is 10.7. The second kappa shape index (κ2) is 8.57. The van der Waals surface area contributed by atoms with Gasteiger partial charge in [-0.3, -0.25) is 4.90 Å². The Bertz CT molecular complexity index is 749. The molecule has 26 heavy (non-hydrogen) atoms. The number of carbonyl (C=O) groups excluding carboxylic acids is 1. The average Bonchev–Trinajstić information content (AvgIpc) is 3.11. The maximum Gasteiger partial charge on any atom is 0.312 e. The highest BCUT2D eigenvalue weighted by Crippen LogP contribution is 2.21. The first-order chi connectivity index (χ1) is 12.6. The predicted molar refractivity (Wildman–Crippen MR) is 96.6 cm³/mol. The molecule has 2 aromatic rings. The molecule has 1 aromatic carbocycles. The Morgan fingerprint density at radius 1 is 1.31 bits per heavy atom. The van der Waals surface area contributed by atoms with Gasteiger partial charge in [-0.05, 0) is 30.5 Å². The first-order valence-corrected chi connectivity index (χ1v) is 8.68. The smallest absolute Gasteiger partial charge is 0.312 e. The number of hydrogen-bond acceptors (Lipinski definition) is 4. The van der Waals surface area contributed by atoms with E-state index < -0.39 is 6.03 Å². The zero-order chi connectivity index (χ0) is 18.4. The van der Waals surface area contributed by atoms with Crippen LogP contribution in [-0.4, -0.2) is 45.6 Å². The maximum absolute atomic E-state index is 12.9. The van der Waals surface area contributed by atoms with Gasteiger partial charge in [-0.2, -0.15) is 0 Å². The van der Waals surface area contributed by atoms with Gasteiger partial charge in [0.25, 0.3) is 0 Å². The zero-order valence-corrected chi connectivity index (χ0v) is 14.5. The van der Waals surface area contributed by atoms with E-state index in [-0.39, 0.29) is 5.82 Å². The van der Waals surface area contributed by atoms with Crippen LogP contribution in [0.1, 0.15) is 30.1 Å². The van der Waals surface area contributed by atoms with Gasteiger partial charge >= 0.3 is 6.03 Å². The van der Waals surface area contributed by atoms with Crippen molar-refractivity contribution in [3.8, 4) is 0 Å². The molecule has 0 aliphatic carbocycles. The first kappa shape index (κ1) is 18.1. The highest BCUT2D eigenvalue weighted by molar-refractivity contribution is 5.71. The average molecular weight is 358 g/mol. The summed E-state index contributed by atoms with van der Waals surface area (Å²) >= 11 is 0. The standard InChI is InChI=1S/C18H23FN6O/c19-15-5-3-14(4-6-15)2-1-9-24-10-7-17(8-11-24)25-13-16(22-23-25)12-21-18(20)26/h1-6,13,17H,7-12H2,(H3,20,21,26). The van der Waals surface area contributed by atoms with Crippen molar-refractivity contribution in [3.05, 3.63) is 53.6 Å². The molecule has 1 aromatic heterocycles. The minimum atomic E-state index is -0.568. The third-order valence-electron chi connectivity index (χ3n) is 4.48. The van der Waals surface area contributed by atoms with Crippen molar-refractivity contribution in [3.63, 3.8) is 0 Å². The molecule has 0 saturated carbocycles. The summed E-state index contributed by atoms with van der Waals surface area (Å²) in [7, 11) is 0. The lowest BCUT2D eigenvalue weighted by molar-refractivity contribution is 0.194. The van der Waals surface area contributed by atoms with E-state index >= 15 is 0 Å². The van der Waals surface area contributed by atoms with Gasteiger partial charge in [-0.25, -0.2) is 13.9 Å². The number of halogens is 1. The SMILES string of the molecule is NC(=O)NCc1cn(C2CCN(CC=Cc3ccc(F)cc3)CC2)nn1. The van der Waals surface area contributed by atoms with Gasteiger partial charge in [0.05, 0.1) is 18.8 Å². The fraction of sp³-hybridized carbons (Fsp3) is 0.389. The molecule has 1 aliphatic rings. The van der Waals surface area contributed by atoms with Gasteiger partial charge in [0.2, 0.25) is 0 Å². The highest BCUT2D eigenvalue weighted by Gasteiger charge is 2.20. The summed E-state index contributed by atoms with van der Waals surface area (Å²) in [6.07, 6.45) is 7.98. The molecule has 2 amide bonds. The van der Waals surface area contributed by atoms with E-state index in [0.717, 1.165) is 38.0 Å². The lowest BCUT2D eigenvalue weighted by atomic mass is 10.1. The molecule has 0 radical (unpaired) electrons. The Morgan fingerprint density at radius 2 is 2.04 bits per heavy atom. The van der Waals surface area contributed by atoms with Crippen molar-refractivity contribution in [1.29, 1.82) is 0 Å². The number of rotatable bonds is 6. The van der Waals surface area contributed by atoms with Crippen LogP contribution in [0.3, 0.4) is 0 Å². The predicted octanol–water partition coefficient (Wildman–Crippen LogP) is 1.94. The molecule has 3 N–H and O–H groups in total. The topological polar surface area (TPSA) is 89.1 Å². The lowest BCUT2D eigenvalue weighted by Gasteiger charge is -2.30. The van der Waals surface area contributed by atoms with Crippen LogP contribution in [0, 0.1) is 5.82 Å². The largest absolute Gasteiger partial charge is 0.352 e. The minimum absolute atomic E-state index is 0.217. The molecule has 1 fully saturated rings. The summed E-state index contributed by atoms with van der Waals surface area (Å²) in [6.45, 7) is 3.12. The van der Waals surface area contributed by atoms with Gasteiger partial charge < -0.3 is 11.1 Å². The molecule has 0 spiro atoms. The Balaban J connectivity index is 1.44. The Hall–Kier alpha value is -2.74. The van der Waals surface area contributed by atoms with E-state index in [1.54, 1.807) is 12.1 Å². The number of primary amides is 1. The number of benzene rings is 1. The summed E-state index contributed by atoms with van der Waals surface area (Å²) in [6, 6.07) is 6.23. The van der Waals surface area contributed by atoms with Crippen LogP contribution >= 0.6 is 0 Å². The number of likely N-dealkylation sites (tertiary alicyclic amines) is 1. The van der Waals surface area contributed by atoms with Crippen molar-refractivity contribution in [2.75, 3.05) is 19.6 Å². The van der Waals surface area contributed by atoms with Crippen LogP contribution < -0.4 is 11.1 Å². The van der Waals surface area contributed by atoms with Crippen molar-refractivity contribution in [1.82, 2.24) is 25.2 Å². The molecule has 3 rings (SSSR count). The van der Waals surface area contributed by atoms with E-state index in [4.69, 9.17) is 5.73 Å². The Morgan fingerprint density at radius 3 is 2.73 bits per heavy atom. The second-order valence-electron chi connectivity index (χ2n) is 6.39. The number of nitrogens with zero attached hydrogens (tertiary/aromatic N) is 4. The number of nitrogens with one attached hydrogen (secondary N) is 1. The van der Waals surface area contributed by atoms with Crippen LogP contribution in [0.4, 0.5) is 9.18 Å². The summed E-state index contributed by atoms with van der Waals surface area (Å²) in [5.41, 5.74) is 6.76. The molecule has 7 nitrogen and oxygen atoms in total. The quantitative estimate of drug-likeness (QED) is 0.826. The molecule has 1 aliphatic heterocycles. The van der Waals surface area contributed by atoms with Crippen LogP contribution in [0.15, 0.2) is 36.5 Å². The first-order valence-electron chi connectivity index (χ1n) is 8.68. The second-order valence-corrected chi connectivity index (χ2v) is 6.39. The van der Waals surface area contributed by atoms with Gasteiger partial charge in [-0.15, -0.1) is 5.10 Å². The van der Waals surface area contributed by atoms with Gasteiger partial charge in [0.15, 0.2) is 0 Å². The molecule has 1 saturated heterocycles. The fourth-order valence-electron chi connectivity index (χ4n) is 3.03. The van der Waals surface area contributed by atoms with Crippen molar-refractivity contribution >= 4 is 12.1 Å². The lowest BCUT2D eigenvalue weighted by Crippen LogP contribution is -2.34. The third kappa shape index (κ3) is 5.13. The minimum Gasteiger partial charge on any atom is -0.352 e. The van der Waals surface area contributed by atoms with Crippen LogP contribution in [-0.2, 0) is 6.54 Å². The van der Waals surface area contributed by atoms with Gasteiger partial charge in [0, 0.05) is 19.6 Å². The van der Waals surface area contributed by atoms with Crippen molar-refractivity contribution in [2.45, 2.75) is 25.4 Å². The van der Waals surface area contributed by atoms with E-state index in [9.17, 15) is 9.18 Å². The number of piperidine rings is 1. The number of carbonyl (C=O) groups is 1. The molecule has 0 bridgehead atoms. The molecular formula is C18H23FN6O. The van der Waals surface area contributed by atoms with E-state index in [1.807, 2.05) is 17.0 Å². The molecule has 138 valence electrons. The summed E-state index contributed by atoms with van der Waals surface area (Å²) < 4.78 is 14.8. The highest BCUT2D eigenvalue weighted by atomic mass is 19.1. The van der Waals surface area contributed by atoms with Crippen molar-refractivity contribution in [2.24, 2.45) is 5.73 Å². The summed E-state index contributed by atoms with van der Waals surface area (Å²) in [5.74, 6) is -0.217. The van der Waals surface area contributed by atoms with E-state index in [2.05, 4.69) is 26.6 Å². The molecule has 2 heterocycles. The summed E-state index contributed by atoms with van der Waals surface area (Å²) in [4.78, 5) is 13.1. The van der Waals surface area contributed by atoms with Gasteiger partial charge in [0.1, 0.15) is 11.5 Å². The number of hydrogen-bond donors (Lipinski definition) is 2. The number of urea groups is 1. The Labute approximate surface area is 151 Å². The monoisotopic (exact) mass is 358 g/mol. The van der Waals surface area contributed by atoms with Gasteiger partial charge in [-0.1, -0.05) is 29.5 Å². The fourth-order valence-corrected chi connectivity index (χ4v) is 3.03. The number of nitrogens with two attached hydrogens (primary N) is 1. The van der Waals surface area contributed by atoms with Crippen LogP contribution in [0.5, 0.6) is 0 Å². The Kier molecular flexibility index (Phi) is 5.96. The van der Waals surface area contributed by atoms with Crippen LogP contribution in [0.25, 0.3) is 6.08 Å². The molecule has 8 heteroatoms. The number of aromatic nitrogens is 3. The maximum atomic E-state index is 12.9. The molecular weight excluding hydrogens is 335 g/mol. The zero-order valence-electron chi connectivity index (χ0n) is 14.5. The molecule has 0 atom stereocenters.